The lowest BCUT2D eigenvalue weighted by Gasteiger charge is -2.23. The summed E-state index contributed by atoms with van der Waals surface area (Å²) < 4.78 is 0. The molecule has 0 fully saturated rings. The minimum Gasteiger partial charge on any atom is -0.330 e. The van der Waals surface area contributed by atoms with Crippen molar-refractivity contribution < 1.29 is 0 Å². The molecule has 0 aliphatic carbocycles. The van der Waals surface area contributed by atoms with E-state index in [1.165, 1.54) is 11.3 Å². The summed E-state index contributed by atoms with van der Waals surface area (Å²) in [5, 5.41) is 3.04. The minimum absolute atomic E-state index is 0.702. The maximum absolute atomic E-state index is 5.60. The number of hydrogen-bond acceptors (Lipinski definition) is 4. The van der Waals surface area contributed by atoms with Crippen LogP contribution in [0.25, 0.3) is 0 Å². The van der Waals surface area contributed by atoms with Crippen molar-refractivity contribution in [2.75, 3.05) is 18.0 Å². The molecule has 0 spiro atoms. The van der Waals surface area contributed by atoms with Gasteiger partial charge in [0.15, 0.2) is 5.13 Å². The van der Waals surface area contributed by atoms with Crippen molar-refractivity contribution in [3.63, 3.8) is 0 Å². The molecule has 0 bridgehead atoms. The lowest BCUT2D eigenvalue weighted by molar-refractivity contribution is 0.814. The maximum Gasteiger partial charge on any atom is 0.189 e. The summed E-state index contributed by atoms with van der Waals surface area (Å²) >= 11 is 1.66. The van der Waals surface area contributed by atoms with E-state index in [4.69, 9.17) is 5.73 Å². The average Bonchev–Trinajstić information content (AvgIpc) is 2.85. The van der Waals surface area contributed by atoms with Crippen LogP contribution in [-0.4, -0.2) is 18.1 Å². The van der Waals surface area contributed by atoms with Crippen LogP contribution in [0.2, 0.25) is 0 Å². The highest BCUT2D eigenvalue weighted by molar-refractivity contribution is 7.13. The Balaban J connectivity index is 2.30. The van der Waals surface area contributed by atoms with E-state index in [0.29, 0.717) is 6.54 Å². The van der Waals surface area contributed by atoms with Gasteiger partial charge in [0.2, 0.25) is 0 Å². The van der Waals surface area contributed by atoms with Crippen LogP contribution >= 0.6 is 11.3 Å². The van der Waals surface area contributed by atoms with Gasteiger partial charge in [0, 0.05) is 23.8 Å². The van der Waals surface area contributed by atoms with E-state index in [9.17, 15) is 0 Å². The normalized spacial score (nSPS) is 10.5. The zero-order valence-corrected chi connectivity index (χ0v) is 10.8. The van der Waals surface area contributed by atoms with E-state index >= 15 is 0 Å². The van der Waals surface area contributed by atoms with Crippen molar-refractivity contribution in [3.8, 4) is 0 Å². The van der Waals surface area contributed by atoms with Crippen molar-refractivity contribution in [3.05, 3.63) is 41.4 Å². The quantitative estimate of drug-likeness (QED) is 0.883. The SMILES string of the molecule is Cc1ccccc1N(CCCN)c1nccs1. The summed E-state index contributed by atoms with van der Waals surface area (Å²) in [6, 6.07) is 8.37. The van der Waals surface area contributed by atoms with E-state index in [2.05, 4.69) is 41.1 Å². The van der Waals surface area contributed by atoms with Gasteiger partial charge in [0.1, 0.15) is 0 Å². The Morgan fingerprint density at radius 3 is 2.82 bits per heavy atom. The third-order valence-electron chi connectivity index (χ3n) is 2.64. The van der Waals surface area contributed by atoms with Crippen molar-refractivity contribution in [1.82, 2.24) is 4.98 Å². The van der Waals surface area contributed by atoms with Crippen LogP contribution < -0.4 is 10.6 Å². The molecule has 0 saturated heterocycles. The molecule has 1 aromatic heterocycles. The van der Waals surface area contributed by atoms with E-state index in [1.807, 2.05) is 11.6 Å². The molecule has 1 heterocycles. The summed E-state index contributed by atoms with van der Waals surface area (Å²) in [6.07, 6.45) is 2.81. The van der Waals surface area contributed by atoms with Crippen molar-refractivity contribution >= 4 is 22.2 Å². The Labute approximate surface area is 106 Å². The predicted molar refractivity (Wildman–Crippen MR) is 74.0 cm³/mol. The van der Waals surface area contributed by atoms with Crippen molar-refractivity contribution in [1.29, 1.82) is 0 Å². The highest BCUT2D eigenvalue weighted by atomic mass is 32.1. The summed E-state index contributed by atoms with van der Waals surface area (Å²) in [4.78, 5) is 6.63. The van der Waals surface area contributed by atoms with Gasteiger partial charge in [-0.1, -0.05) is 18.2 Å². The summed E-state index contributed by atoms with van der Waals surface area (Å²) in [6.45, 7) is 3.74. The molecule has 0 aliphatic heterocycles. The molecule has 0 amide bonds. The van der Waals surface area contributed by atoms with Gasteiger partial charge in [-0.25, -0.2) is 4.98 Å². The fraction of sp³-hybridized carbons (Fsp3) is 0.308. The van der Waals surface area contributed by atoms with Gasteiger partial charge in [-0.15, -0.1) is 11.3 Å². The molecule has 2 aromatic rings. The molecule has 3 nitrogen and oxygen atoms in total. The number of aryl methyl sites for hydroxylation is 1. The first-order chi connectivity index (χ1) is 8.33. The van der Waals surface area contributed by atoms with Gasteiger partial charge < -0.3 is 10.6 Å². The molecular weight excluding hydrogens is 230 g/mol. The number of thiazole rings is 1. The number of nitrogens with zero attached hydrogens (tertiary/aromatic N) is 2. The van der Waals surface area contributed by atoms with Gasteiger partial charge >= 0.3 is 0 Å². The predicted octanol–water partition coefficient (Wildman–Crippen LogP) is 2.94. The van der Waals surface area contributed by atoms with E-state index in [1.54, 1.807) is 11.3 Å². The zero-order valence-electron chi connectivity index (χ0n) is 9.97. The van der Waals surface area contributed by atoms with Crippen LogP contribution in [0.3, 0.4) is 0 Å². The Kier molecular flexibility index (Phi) is 4.12. The molecule has 0 saturated carbocycles. The molecule has 90 valence electrons. The number of rotatable bonds is 5. The highest BCUT2D eigenvalue weighted by Crippen LogP contribution is 2.29. The maximum atomic E-state index is 5.60. The Hall–Kier alpha value is -1.39. The van der Waals surface area contributed by atoms with Gasteiger partial charge in [-0.3, -0.25) is 0 Å². The molecule has 0 aliphatic rings. The lowest BCUT2D eigenvalue weighted by atomic mass is 10.2. The second-order valence-corrected chi connectivity index (χ2v) is 4.77. The van der Waals surface area contributed by atoms with Crippen LogP contribution in [0.4, 0.5) is 10.8 Å². The first-order valence-corrected chi connectivity index (χ1v) is 6.63. The molecule has 17 heavy (non-hydrogen) atoms. The molecule has 1 aromatic carbocycles. The molecule has 2 N–H and O–H groups in total. The Morgan fingerprint density at radius 1 is 1.35 bits per heavy atom. The lowest BCUT2D eigenvalue weighted by Crippen LogP contribution is -2.21. The second-order valence-electron chi connectivity index (χ2n) is 3.90. The van der Waals surface area contributed by atoms with Crippen LogP contribution in [0.1, 0.15) is 12.0 Å². The van der Waals surface area contributed by atoms with Crippen LogP contribution in [0, 0.1) is 6.92 Å². The summed E-state index contributed by atoms with van der Waals surface area (Å²) in [7, 11) is 0. The van der Waals surface area contributed by atoms with Crippen molar-refractivity contribution in [2.24, 2.45) is 5.73 Å². The summed E-state index contributed by atoms with van der Waals surface area (Å²) in [5.41, 5.74) is 8.08. The van der Waals surface area contributed by atoms with E-state index in [-0.39, 0.29) is 0 Å². The smallest absolute Gasteiger partial charge is 0.189 e. The monoisotopic (exact) mass is 247 g/mol. The van der Waals surface area contributed by atoms with E-state index < -0.39 is 0 Å². The second kappa shape index (κ2) is 5.80. The number of hydrogen-bond donors (Lipinski definition) is 1. The number of nitrogens with two attached hydrogens (primary N) is 1. The standard InChI is InChI=1S/C13H17N3S/c1-11-5-2-3-6-12(11)16(9-4-7-14)13-15-8-10-17-13/h2-3,5-6,8,10H,4,7,9,14H2,1H3. The molecule has 0 radical (unpaired) electrons. The van der Waals surface area contributed by atoms with Gasteiger partial charge in [0.25, 0.3) is 0 Å². The molecule has 2 rings (SSSR count). The number of para-hydroxylation sites is 1. The Bertz CT molecular complexity index is 453. The third-order valence-corrected chi connectivity index (χ3v) is 3.44. The van der Waals surface area contributed by atoms with E-state index in [0.717, 1.165) is 18.1 Å². The zero-order chi connectivity index (χ0) is 12.1. The van der Waals surface area contributed by atoms with Crippen LogP contribution in [0.5, 0.6) is 0 Å². The minimum atomic E-state index is 0.702. The molecule has 0 atom stereocenters. The number of anilines is 2. The number of aromatic nitrogens is 1. The fourth-order valence-electron chi connectivity index (χ4n) is 1.78. The Morgan fingerprint density at radius 2 is 2.18 bits per heavy atom. The topological polar surface area (TPSA) is 42.1 Å². The van der Waals surface area contributed by atoms with Crippen LogP contribution in [-0.2, 0) is 0 Å². The number of benzene rings is 1. The van der Waals surface area contributed by atoms with Gasteiger partial charge in [-0.05, 0) is 31.5 Å². The summed E-state index contributed by atoms with van der Waals surface area (Å²) in [5.74, 6) is 0. The average molecular weight is 247 g/mol. The first-order valence-electron chi connectivity index (χ1n) is 5.75. The van der Waals surface area contributed by atoms with Crippen molar-refractivity contribution in [2.45, 2.75) is 13.3 Å². The van der Waals surface area contributed by atoms with Gasteiger partial charge in [0.05, 0.1) is 0 Å². The molecule has 4 heteroatoms. The molecular formula is C13H17N3S. The fourth-order valence-corrected chi connectivity index (χ4v) is 2.47. The largest absolute Gasteiger partial charge is 0.330 e. The van der Waals surface area contributed by atoms with Crippen LogP contribution in [0.15, 0.2) is 35.8 Å². The third kappa shape index (κ3) is 2.84. The first kappa shape index (κ1) is 12.1. The highest BCUT2D eigenvalue weighted by Gasteiger charge is 2.12. The van der Waals surface area contributed by atoms with Gasteiger partial charge in [-0.2, -0.15) is 0 Å². The molecule has 0 unspecified atom stereocenters.